The Morgan fingerprint density at radius 2 is 2.15 bits per heavy atom. The predicted octanol–water partition coefficient (Wildman–Crippen LogP) is 1.98. The smallest absolute Gasteiger partial charge is 0.321 e. The van der Waals surface area contributed by atoms with Gasteiger partial charge in [-0.1, -0.05) is 0 Å². The quantitative estimate of drug-likeness (QED) is 0.657. The maximum atomic E-state index is 11.9. The number of hydrogen-bond acceptors (Lipinski definition) is 4. The molecular formula is C12H13N5O3. The van der Waals surface area contributed by atoms with E-state index in [2.05, 4.69) is 15.3 Å². The van der Waals surface area contributed by atoms with Crippen molar-refractivity contribution in [3.63, 3.8) is 0 Å². The van der Waals surface area contributed by atoms with Gasteiger partial charge in [-0.2, -0.15) is 0 Å². The number of aromatic nitrogens is 2. The molecule has 0 atom stereocenters. The SMILES string of the molecule is CN(Cc1ncc[nH]1)C(=O)Nc1ccc([N+](=O)[O-])cc1. The third kappa shape index (κ3) is 3.31. The lowest BCUT2D eigenvalue weighted by Crippen LogP contribution is -2.31. The highest BCUT2D eigenvalue weighted by atomic mass is 16.6. The highest BCUT2D eigenvalue weighted by Crippen LogP contribution is 2.15. The molecule has 2 rings (SSSR count). The third-order valence-corrected chi connectivity index (χ3v) is 2.62. The van der Waals surface area contributed by atoms with Gasteiger partial charge in [0.25, 0.3) is 5.69 Å². The average Bonchev–Trinajstić information content (AvgIpc) is 2.92. The number of benzene rings is 1. The van der Waals surface area contributed by atoms with E-state index in [0.29, 0.717) is 18.1 Å². The molecule has 2 N–H and O–H groups in total. The highest BCUT2D eigenvalue weighted by Gasteiger charge is 2.11. The van der Waals surface area contributed by atoms with E-state index in [4.69, 9.17) is 0 Å². The van der Waals surface area contributed by atoms with Gasteiger partial charge in [-0.3, -0.25) is 10.1 Å². The van der Waals surface area contributed by atoms with Crippen LogP contribution in [0.2, 0.25) is 0 Å². The number of hydrogen-bond donors (Lipinski definition) is 2. The lowest BCUT2D eigenvalue weighted by atomic mass is 10.3. The van der Waals surface area contributed by atoms with Crippen molar-refractivity contribution >= 4 is 17.4 Å². The second kappa shape index (κ2) is 5.83. The zero-order valence-electron chi connectivity index (χ0n) is 10.7. The summed E-state index contributed by atoms with van der Waals surface area (Å²) in [6, 6.07) is 5.31. The molecule has 0 aliphatic rings. The molecule has 0 saturated carbocycles. The van der Waals surface area contributed by atoms with E-state index in [1.807, 2.05) is 0 Å². The first-order valence-electron chi connectivity index (χ1n) is 5.81. The summed E-state index contributed by atoms with van der Waals surface area (Å²) in [7, 11) is 1.63. The van der Waals surface area contributed by atoms with E-state index in [1.54, 1.807) is 19.4 Å². The molecule has 1 aromatic carbocycles. The van der Waals surface area contributed by atoms with E-state index < -0.39 is 4.92 Å². The molecule has 0 aliphatic carbocycles. The van der Waals surface area contributed by atoms with Crippen LogP contribution in [0.4, 0.5) is 16.2 Å². The maximum Gasteiger partial charge on any atom is 0.321 e. The summed E-state index contributed by atoms with van der Waals surface area (Å²) in [6.45, 7) is 0.339. The lowest BCUT2D eigenvalue weighted by Gasteiger charge is -2.16. The summed E-state index contributed by atoms with van der Waals surface area (Å²) in [5.41, 5.74) is 0.471. The maximum absolute atomic E-state index is 11.9. The van der Waals surface area contributed by atoms with Gasteiger partial charge in [-0.05, 0) is 12.1 Å². The second-order valence-electron chi connectivity index (χ2n) is 4.13. The van der Waals surface area contributed by atoms with Gasteiger partial charge in [0, 0.05) is 37.3 Å². The molecule has 8 heteroatoms. The summed E-state index contributed by atoms with van der Waals surface area (Å²) in [5, 5.41) is 13.2. The molecule has 0 bridgehead atoms. The largest absolute Gasteiger partial charge is 0.347 e. The van der Waals surface area contributed by atoms with E-state index in [1.165, 1.54) is 29.2 Å². The van der Waals surface area contributed by atoms with Crippen molar-refractivity contribution in [2.24, 2.45) is 0 Å². The fraction of sp³-hybridized carbons (Fsp3) is 0.167. The topological polar surface area (TPSA) is 104 Å². The number of anilines is 1. The van der Waals surface area contributed by atoms with Crippen LogP contribution < -0.4 is 5.32 Å². The van der Waals surface area contributed by atoms with Gasteiger partial charge in [-0.25, -0.2) is 9.78 Å². The van der Waals surface area contributed by atoms with Crippen molar-refractivity contribution in [3.8, 4) is 0 Å². The van der Waals surface area contributed by atoms with Gasteiger partial charge >= 0.3 is 6.03 Å². The minimum atomic E-state index is -0.491. The molecule has 1 aromatic heterocycles. The Morgan fingerprint density at radius 1 is 1.45 bits per heavy atom. The van der Waals surface area contributed by atoms with Crippen molar-refractivity contribution in [2.45, 2.75) is 6.54 Å². The monoisotopic (exact) mass is 275 g/mol. The fourth-order valence-electron chi connectivity index (χ4n) is 1.57. The van der Waals surface area contributed by atoms with Crippen LogP contribution in [0.15, 0.2) is 36.7 Å². The molecule has 2 aromatic rings. The van der Waals surface area contributed by atoms with Crippen LogP contribution in [0.3, 0.4) is 0 Å². The molecule has 8 nitrogen and oxygen atoms in total. The first-order valence-corrected chi connectivity index (χ1v) is 5.81. The fourth-order valence-corrected chi connectivity index (χ4v) is 1.57. The number of rotatable bonds is 4. The molecule has 0 saturated heterocycles. The van der Waals surface area contributed by atoms with Crippen LogP contribution in [0, 0.1) is 10.1 Å². The number of nitrogens with one attached hydrogen (secondary N) is 2. The Bertz CT molecular complexity index is 594. The Balaban J connectivity index is 1.95. The van der Waals surface area contributed by atoms with Gasteiger partial charge in [0.05, 0.1) is 11.5 Å². The molecule has 20 heavy (non-hydrogen) atoms. The first-order chi connectivity index (χ1) is 9.56. The average molecular weight is 275 g/mol. The molecule has 1 heterocycles. The van der Waals surface area contributed by atoms with Crippen molar-refractivity contribution in [3.05, 3.63) is 52.6 Å². The molecule has 0 radical (unpaired) electrons. The van der Waals surface area contributed by atoms with E-state index in [0.717, 1.165) is 0 Å². The summed E-state index contributed by atoms with van der Waals surface area (Å²) in [6.07, 6.45) is 3.29. The van der Waals surface area contributed by atoms with Gasteiger partial charge in [0.2, 0.25) is 0 Å². The molecule has 0 fully saturated rings. The van der Waals surface area contributed by atoms with Crippen LogP contribution in [0.25, 0.3) is 0 Å². The minimum Gasteiger partial charge on any atom is -0.347 e. The molecule has 2 amide bonds. The summed E-state index contributed by atoms with van der Waals surface area (Å²) in [4.78, 5) is 30.3. The normalized spacial score (nSPS) is 10.1. The summed E-state index contributed by atoms with van der Waals surface area (Å²) in [5.74, 6) is 0.673. The number of amides is 2. The van der Waals surface area contributed by atoms with Crippen LogP contribution in [-0.2, 0) is 6.54 Å². The van der Waals surface area contributed by atoms with Crippen molar-refractivity contribution < 1.29 is 9.72 Å². The Hall–Kier alpha value is -2.90. The number of nitro benzene ring substituents is 1. The number of carbonyl (C=O) groups excluding carboxylic acids is 1. The molecular weight excluding hydrogens is 262 g/mol. The Labute approximate surface area is 114 Å². The van der Waals surface area contributed by atoms with Crippen LogP contribution in [-0.4, -0.2) is 32.9 Å². The lowest BCUT2D eigenvalue weighted by molar-refractivity contribution is -0.384. The predicted molar refractivity (Wildman–Crippen MR) is 72.2 cm³/mol. The number of nitro groups is 1. The van der Waals surface area contributed by atoms with Crippen molar-refractivity contribution in [1.82, 2.24) is 14.9 Å². The molecule has 104 valence electrons. The summed E-state index contributed by atoms with van der Waals surface area (Å²) < 4.78 is 0. The zero-order chi connectivity index (χ0) is 14.5. The molecule has 0 spiro atoms. The second-order valence-corrected chi connectivity index (χ2v) is 4.13. The van der Waals surface area contributed by atoms with Crippen molar-refractivity contribution in [2.75, 3.05) is 12.4 Å². The number of urea groups is 1. The Morgan fingerprint density at radius 3 is 2.70 bits per heavy atom. The third-order valence-electron chi connectivity index (χ3n) is 2.62. The minimum absolute atomic E-state index is 0.0214. The van der Waals surface area contributed by atoms with Gasteiger partial charge in [-0.15, -0.1) is 0 Å². The molecule has 0 aliphatic heterocycles. The highest BCUT2D eigenvalue weighted by molar-refractivity contribution is 5.89. The molecule has 0 unspecified atom stereocenters. The summed E-state index contributed by atoms with van der Waals surface area (Å²) >= 11 is 0. The number of H-pyrrole nitrogens is 1. The van der Waals surface area contributed by atoms with Gasteiger partial charge in [0.15, 0.2) is 0 Å². The van der Waals surface area contributed by atoms with Gasteiger partial charge in [0.1, 0.15) is 5.82 Å². The van der Waals surface area contributed by atoms with E-state index in [-0.39, 0.29) is 11.7 Å². The number of aromatic amines is 1. The number of carbonyl (C=O) groups is 1. The standard InChI is InChI=1S/C12H13N5O3/c1-16(8-11-13-6-7-14-11)12(18)15-9-2-4-10(5-3-9)17(19)20/h2-7H,8H2,1H3,(H,13,14)(H,15,18). The Kier molecular flexibility index (Phi) is 3.94. The van der Waals surface area contributed by atoms with Crippen molar-refractivity contribution in [1.29, 1.82) is 0 Å². The zero-order valence-corrected chi connectivity index (χ0v) is 10.7. The first kappa shape index (κ1) is 13.5. The number of non-ortho nitro benzene ring substituents is 1. The number of nitrogens with zero attached hydrogens (tertiary/aromatic N) is 3. The van der Waals surface area contributed by atoms with E-state index >= 15 is 0 Å². The van der Waals surface area contributed by atoms with E-state index in [9.17, 15) is 14.9 Å². The van der Waals surface area contributed by atoms with Crippen LogP contribution in [0.1, 0.15) is 5.82 Å². The van der Waals surface area contributed by atoms with Crippen LogP contribution in [0.5, 0.6) is 0 Å². The number of imidazole rings is 1. The van der Waals surface area contributed by atoms with Crippen LogP contribution >= 0.6 is 0 Å². The van der Waals surface area contributed by atoms with Gasteiger partial charge < -0.3 is 15.2 Å².